The third-order valence-electron chi connectivity index (χ3n) is 4.57. The van der Waals surface area contributed by atoms with Gasteiger partial charge < -0.3 is 4.74 Å². The van der Waals surface area contributed by atoms with E-state index in [0.29, 0.717) is 10.6 Å². The average molecular weight is 505 g/mol. The summed E-state index contributed by atoms with van der Waals surface area (Å²) in [5, 5.41) is 9.93. The van der Waals surface area contributed by atoms with Crippen LogP contribution < -0.4 is 9.88 Å². The van der Waals surface area contributed by atoms with Gasteiger partial charge in [-0.05, 0) is 57.9 Å². The van der Waals surface area contributed by atoms with E-state index in [0.717, 1.165) is 41.6 Å². The maximum atomic E-state index is 12.4. The Morgan fingerprint density at radius 2 is 1.37 bits per heavy atom. The number of benzene rings is 4. The zero-order valence-corrected chi connectivity index (χ0v) is 18.3. The molecule has 0 spiro atoms. The Morgan fingerprint density at radius 1 is 0.815 bits per heavy atom. The van der Waals surface area contributed by atoms with Gasteiger partial charge in [0.1, 0.15) is 16.7 Å². The second kappa shape index (κ2) is 7.36. The standard InChI is InChI=1S/C21H15Br2NO2S/c1-26-18-8-2-12-10-14(22)4-6-16(12)20(18)21-17-7-5-15(23)11-13(17)3-9-19(21)27(24)25/h2-11H,24H2,1H3. The lowest BCUT2D eigenvalue weighted by atomic mass is 9.93. The quantitative estimate of drug-likeness (QED) is 0.362. The third-order valence-corrected chi connectivity index (χ3v) is 6.33. The van der Waals surface area contributed by atoms with Crippen LogP contribution in [0.3, 0.4) is 0 Å². The average Bonchev–Trinajstić information content (AvgIpc) is 2.65. The molecule has 0 saturated heterocycles. The van der Waals surface area contributed by atoms with Crippen LogP contribution in [-0.2, 0) is 11.0 Å². The van der Waals surface area contributed by atoms with Crippen molar-refractivity contribution in [2.24, 2.45) is 5.14 Å². The summed E-state index contributed by atoms with van der Waals surface area (Å²) in [7, 11) is 0.00671. The van der Waals surface area contributed by atoms with Crippen LogP contribution in [-0.4, -0.2) is 11.3 Å². The molecule has 0 heterocycles. The van der Waals surface area contributed by atoms with Gasteiger partial charge in [0.05, 0.1) is 12.0 Å². The highest BCUT2D eigenvalue weighted by Crippen LogP contribution is 2.43. The fourth-order valence-corrected chi connectivity index (χ4v) is 4.79. The SMILES string of the molecule is COc1ccc2cc(Br)ccc2c1-c1c(S(N)=O)ccc2cc(Br)ccc12. The molecule has 1 atom stereocenters. The second-order valence-electron chi connectivity index (χ2n) is 6.11. The lowest BCUT2D eigenvalue weighted by Crippen LogP contribution is -2.05. The van der Waals surface area contributed by atoms with Gasteiger partial charge in [0.2, 0.25) is 0 Å². The van der Waals surface area contributed by atoms with Crippen LogP contribution in [0.5, 0.6) is 5.75 Å². The topological polar surface area (TPSA) is 52.3 Å². The van der Waals surface area contributed by atoms with Crippen LogP contribution in [0.15, 0.2) is 74.5 Å². The molecule has 3 nitrogen and oxygen atoms in total. The molecule has 0 aliphatic heterocycles. The first kappa shape index (κ1) is 18.6. The molecule has 27 heavy (non-hydrogen) atoms. The molecule has 0 aromatic heterocycles. The van der Waals surface area contributed by atoms with Crippen LogP contribution in [0.25, 0.3) is 32.7 Å². The Bertz CT molecular complexity index is 1220. The number of ether oxygens (including phenoxy) is 1. The molecule has 6 heteroatoms. The van der Waals surface area contributed by atoms with Crippen molar-refractivity contribution in [3.05, 3.63) is 69.6 Å². The lowest BCUT2D eigenvalue weighted by molar-refractivity contribution is 0.417. The molecule has 1 unspecified atom stereocenters. The van der Waals surface area contributed by atoms with Gasteiger partial charge in [-0.15, -0.1) is 0 Å². The van der Waals surface area contributed by atoms with E-state index in [9.17, 15) is 4.21 Å². The monoisotopic (exact) mass is 503 g/mol. The van der Waals surface area contributed by atoms with Crippen molar-refractivity contribution < 1.29 is 8.95 Å². The molecule has 4 aromatic carbocycles. The minimum absolute atomic E-state index is 0.582. The molecule has 0 saturated carbocycles. The van der Waals surface area contributed by atoms with Crippen LogP contribution in [0, 0.1) is 0 Å². The molecule has 0 aliphatic carbocycles. The van der Waals surface area contributed by atoms with Crippen molar-refractivity contribution in [3.8, 4) is 16.9 Å². The summed E-state index contributed by atoms with van der Waals surface area (Å²) < 4.78 is 20.0. The molecular formula is C21H15Br2NO2S. The van der Waals surface area contributed by atoms with Gasteiger partial charge >= 0.3 is 0 Å². The molecule has 0 radical (unpaired) electrons. The van der Waals surface area contributed by atoms with Crippen LogP contribution in [0.1, 0.15) is 0 Å². The molecule has 2 N–H and O–H groups in total. The highest BCUT2D eigenvalue weighted by molar-refractivity contribution is 9.10. The van der Waals surface area contributed by atoms with E-state index in [4.69, 9.17) is 9.88 Å². The van der Waals surface area contributed by atoms with Crippen LogP contribution >= 0.6 is 31.9 Å². The Hall–Kier alpha value is -1.73. The summed E-state index contributed by atoms with van der Waals surface area (Å²) in [6.45, 7) is 0. The van der Waals surface area contributed by atoms with Crippen molar-refractivity contribution in [2.45, 2.75) is 4.90 Å². The van der Waals surface area contributed by atoms with E-state index in [2.05, 4.69) is 37.9 Å². The first-order valence-electron chi connectivity index (χ1n) is 8.14. The number of fused-ring (bicyclic) bond motifs is 2. The van der Waals surface area contributed by atoms with Crippen LogP contribution in [0.2, 0.25) is 0 Å². The molecule has 0 fully saturated rings. The molecular weight excluding hydrogens is 490 g/mol. The van der Waals surface area contributed by atoms with Crippen molar-refractivity contribution in [2.75, 3.05) is 7.11 Å². The third kappa shape index (κ3) is 3.31. The maximum absolute atomic E-state index is 12.4. The number of hydrogen-bond acceptors (Lipinski definition) is 2. The molecule has 4 aromatic rings. The van der Waals surface area contributed by atoms with E-state index in [1.54, 1.807) is 7.11 Å². The Kier molecular flexibility index (Phi) is 5.07. The second-order valence-corrected chi connectivity index (χ2v) is 8.98. The Labute approximate surface area is 176 Å². The van der Waals surface area contributed by atoms with Gasteiger partial charge in [-0.1, -0.05) is 56.1 Å². The van der Waals surface area contributed by atoms with Crippen molar-refractivity contribution >= 4 is 64.4 Å². The Morgan fingerprint density at radius 3 is 1.93 bits per heavy atom. The molecule has 0 bridgehead atoms. The lowest BCUT2D eigenvalue weighted by Gasteiger charge is -2.17. The van der Waals surface area contributed by atoms with Gasteiger partial charge in [0.25, 0.3) is 0 Å². The number of rotatable bonds is 3. The summed E-state index contributed by atoms with van der Waals surface area (Å²) >= 11 is 7.05. The van der Waals surface area contributed by atoms with E-state index in [1.165, 1.54) is 0 Å². The predicted octanol–water partition coefficient (Wildman–Crippen LogP) is 6.17. The minimum Gasteiger partial charge on any atom is -0.496 e. The predicted molar refractivity (Wildman–Crippen MR) is 119 cm³/mol. The molecule has 0 aliphatic rings. The van der Waals surface area contributed by atoms with E-state index < -0.39 is 11.0 Å². The van der Waals surface area contributed by atoms with Gasteiger partial charge in [0, 0.05) is 20.1 Å². The summed E-state index contributed by atoms with van der Waals surface area (Å²) in [6, 6.07) is 19.8. The number of halogens is 2. The molecule has 4 rings (SSSR count). The largest absolute Gasteiger partial charge is 0.496 e. The Balaban J connectivity index is 2.22. The number of nitrogens with two attached hydrogens (primary N) is 1. The normalized spacial score (nSPS) is 12.4. The fraction of sp³-hybridized carbons (Fsp3) is 0.0476. The van der Waals surface area contributed by atoms with Crippen molar-refractivity contribution in [1.29, 1.82) is 0 Å². The highest BCUT2D eigenvalue weighted by atomic mass is 79.9. The van der Waals surface area contributed by atoms with Gasteiger partial charge in [0.15, 0.2) is 0 Å². The van der Waals surface area contributed by atoms with Crippen molar-refractivity contribution in [1.82, 2.24) is 0 Å². The zero-order valence-electron chi connectivity index (χ0n) is 14.3. The molecule has 136 valence electrons. The number of hydrogen-bond donors (Lipinski definition) is 1. The summed E-state index contributed by atoms with van der Waals surface area (Å²) in [6.07, 6.45) is 0. The number of methoxy groups -OCH3 is 1. The van der Waals surface area contributed by atoms with Gasteiger partial charge in [-0.3, -0.25) is 0 Å². The van der Waals surface area contributed by atoms with Gasteiger partial charge in [-0.25, -0.2) is 9.35 Å². The first-order valence-corrected chi connectivity index (χ1v) is 10.9. The zero-order chi connectivity index (χ0) is 19.1. The first-order chi connectivity index (χ1) is 13.0. The summed E-state index contributed by atoms with van der Waals surface area (Å²) in [4.78, 5) is 0.582. The fourth-order valence-electron chi connectivity index (χ4n) is 3.41. The van der Waals surface area contributed by atoms with E-state index in [-0.39, 0.29) is 0 Å². The summed E-state index contributed by atoms with van der Waals surface area (Å²) in [5.41, 5.74) is 1.73. The van der Waals surface area contributed by atoms with Gasteiger partial charge in [-0.2, -0.15) is 0 Å². The molecule has 0 amide bonds. The van der Waals surface area contributed by atoms with E-state index in [1.807, 2.05) is 54.6 Å². The highest BCUT2D eigenvalue weighted by Gasteiger charge is 2.19. The smallest absolute Gasteiger partial charge is 0.127 e. The maximum Gasteiger partial charge on any atom is 0.127 e. The van der Waals surface area contributed by atoms with Crippen molar-refractivity contribution in [3.63, 3.8) is 0 Å². The van der Waals surface area contributed by atoms with Crippen LogP contribution in [0.4, 0.5) is 0 Å². The minimum atomic E-state index is -1.64. The van der Waals surface area contributed by atoms with E-state index >= 15 is 0 Å². The summed E-state index contributed by atoms with van der Waals surface area (Å²) in [5.74, 6) is 0.715.